The van der Waals surface area contributed by atoms with Crippen molar-refractivity contribution in [2.24, 2.45) is 0 Å². The van der Waals surface area contributed by atoms with Gasteiger partial charge in [0.1, 0.15) is 0 Å². The van der Waals surface area contributed by atoms with E-state index in [2.05, 4.69) is 55.4 Å². The van der Waals surface area contributed by atoms with Crippen LogP contribution in [0.2, 0.25) is 0 Å². The summed E-state index contributed by atoms with van der Waals surface area (Å²) in [6, 6.07) is 6.99. The van der Waals surface area contributed by atoms with E-state index in [4.69, 9.17) is 0 Å². The molecular formula is C9H9Br2N. The Hall–Kier alpha value is 0.140. The summed E-state index contributed by atoms with van der Waals surface area (Å²) in [7, 11) is 0. The Labute approximate surface area is 88.8 Å². The fraction of sp³-hybridized carbons (Fsp3) is 0.333. The summed E-state index contributed by atoms with van der Waals surface area (Å²) >= 11 is 6.94. The lowest BCUT2D eigenvalue weighted by molar-refractivity contribution is 0.383. The molecule has 0 bridgehead atoms. The van der Waals surface area contributed by atoms with Gasteiger partial charge in [-0.3, -0.25) is 0 Å². The number of hydrogen-bond donors (Lipinski definition) is 1. The van der Waals surface area contributed by atoms with Gasteiger partial charge in [0.2, 0.25) is 0 Å². The molecule has 1 atom stereocenters. The molecule has 12 heavy (non-hydrogen) atoms. The molecule has 0 amide bonds. The van der Waals surface area contributed by atoms with Gasteiger partial charge >= 0.3 is 0 Å². The van der Waals surface area contributed by atoms with Crippen molar-refractivity contribution in [2.75, 3.05) is 6.54 Å². The van der Waals surface area contributed by atoms with E-state index in [9.17, 15) is 0 Å². The van der Waals surface area contributed by atoms with E-state index in [1.54, 1.807) is 0 Å². The monoisotopic (exact) mass is 289 g/mol. The van der Waals surface area contributed by atoms with Crippen molar-refractivity contribution in [1.82, 2.24) is 5.32 Å². The number of rotatable bonds is 1. The molecule has 0 unspecified atom stereocenters. The van der Waals surface area contributed by atoms with Crippen LogP contribution in [0.3, 0.4) is 0 Å². The molecule has 64 valence electrons. The summed E-state index contributed by atoms with van der Waals surface area (Å²) in [5, 5.41) is 3.37. The Balaban J connectivity index is 2.27. The number of hydrogen-bond acceptors (Lipinski definition) is 1. The third kappa shape index (κ3) is 1.58. The maximum atomic E-state index is 3.49. The Bertz CT molecular complexity index is 295. The molecule has 3 heteroatoms. The van der Waals surface area contributed by atoms with Crippen LogP contribution in [0.5, 0.6) is 0 Å². The lowest BCUT2D eigenvalue weighted by Gasteiger charge is -2.28. The number of benzene rings is 1. The van der Waals surface area contributed by atoms with Crippen molar-refractivity contribution in [2.45, 2.75) is 12.5 Å². The highest BCUT2D eigenvalue weighted by atomic mass is 79.9. The summed E-state index contributed by atoms with van der Waals surface area (Å²) in [4.78, 5) is 0. The number of halogens is 2. The topological polar surface area (TPSA) is 12.0 Å². The van der Waals surface area contributed by atoms with E-state index in [-0.39, 0.29) is 0 Å². The normalized spacial score (nSPS) is 22.0. The first kappa shape index (κ1) is 8.73. The van der Waals surface area contributed by atoms with E-state index in [0.717, 1.165) is 15.5 Å². The molecule has 0 aromatic heterocycles. The molecule has 1 aliphatic rings. The predicted molar refractivity (Wildman–Crippen MR) is 57.2 cm³/mol. The summed E-state index contributed by atoms with van der Waals surface area (Å²) < 4.78 is 2.25. The standard InChI is InChI=1S/C9H9Br2N/c10-7-2-1-6(5-8(7)11)9-3-4-12-9/h1-2,5,9,12H,3-4H2/t9-/m1/s1. The molecule has 1 fully saturated rings. The van der Waals surface area contributed by atoms with Gasteiger partial charge in [0.15, 0.2) is 0 Å². The zero-order valence-corrected chi connectivity index (χ0v) is 9.65. The maximum absolute atomic E-state index is 3.49. The van der Waals surface area contributed by atoms with Gasteiger partial charge in [-0.2, -0.15) is 0 Å². The van der Waals surface area contributed by atoms with Gasteiger partial charge in [-0.25, -0.2) is 0 Å². The molecule has 1 N–H and O–H groups in total. The molecular weight excluding hydrogens is 282 g/mol. The van der Waals surface area contributed by atoms with Crippen molar-refractivity contribution >= 4 is 31.9 Å². The third-order valence-corrected chi connectivity index (χ3v) is 4.05. The SMILES string of the molecule is Brc1ccc([C@H]2CCN2)cc1Br. The van der Waals surface area contributed by atoms with Crippen LogP contribution in [0.4, 0.5) is 0 Å². The van der Waals surface area contributed by atoms with Crippen LogP contribution in [0.25, 0.3) is 0 Å². The lowest BCUT2D eigenvalue weighted by Crippen LogP contribution is -2.34. The molecule has 1 heterocycles. The molecule has 0 aliphatic carbocycles. The minimum absolute atomic E-state index is 0.578. The first-order chi connectivity index (χ1) is 5.77. The number of nitrogens with one attached hydrogen (secondary N) is 1. The van der Waals surface area contributed by atoms with Gasteiger partial charge in [-0.05, 0) is 62.5 Å². The molecule has 2 rings (SSSR count). The van der Waals surface area contributed by atoms with Crippen LogP contribution in [0, 0.1) is 0 Å². The van der Waals surface area contributed by atoms with Crippen LogP contribution in [-0.4, -0.2) is 6.54 Å². The Morgan fingerprint density at radius 2 is 2.00 bits per heavy atom. The van der Waals surface area contributed by atoms with Crippen LogP contribution in [0.15, 0.2) is 27.1 Å². The van der Waals surface area contributed by atoms with Gasteiger partial charge in [0.05, 0.1) is 0 Å². The Morgan fingerprint density at radius 1 is 1.25 bits per heavy atom. The van der Waals surface area contributed by atoms with E-state index in [1.165, 1.54) is 12.0 Å². The fourth-order valence-electron chi connectivity index (χ4n) is 1.30. The molecule has 1 aliphatic heterocycles. The largest absolute Gasteiger partial charge is 0.310 e. The second-order valence-electron chi connectivity index (χ2n) is 2.97. The van der Waals surface area contributed by atoms with Crippen LogP contribution in [0.1, 0.15) is 18.0 Å². The molecule has 0 saturated carbocycles. The summed E-state index contributed by atoms with van der Waals surface area (Å²) in [6.45, 7) is 1.15. The quantitative estimate of drug-likeness (QED) is 0.837. The molecule has 1 aromatic carbocycles. The smallest absolute Gasteiger partial charge is 0.0332 e. The lowest BCUT2D eigenvalue weighted by atomic mass is 9.98. The fourth-order valence-corrected chi connectivity index (χ4v) is 1.95. The average Bonchev–Trinajstić information content (AvgIpc) is 1.93. The second kappa shape index (κ2) is 3.48. The average molecular weight is 291 g/mol. The van der Waals surface area contributed by atoms with Gasteiger partial charge in [-0.15, -0.1) is 0 Å². The highest BCUT2D eigenvalue weighted by molar-refractivity contribution is 9.13. The molecule has 1 nitrogen and oxygen atoms in total. The van der Waals surface area contributed by atoms with Gasteiger partial charge in [0, 0.05) is 15.0 Å². The van der Waals surface area contributed by atoms with Crippen molar-refractivity contribution in [1.29, 1.82) is 0 Å². The minimum atomic E-state index is 0.578. The Kier molecular flexibility index (Phi) is 2.53. The van der Waals surface area contributed by atoms with Crippen molar-refractivity contribution in [3.05, 3.63) is 32.7 Å². The minimum Gasteiger partial charge on any atom is -0.310 e. The van der Waals surface area contributed by atoms with E-state index < -0.39 is 0 Å². The van der Waals surface area contributed by atoms with Crippen molar-refractivity contribution < 1.29 is 0 Å². The third-order valence-electron chi connectivity index (χ3n) is 2.17. The summed E-state index contributed by atoms with van der Waals surface area (Å²) in [5.74, 6) is 0. The van der Waals surface area contributed by atoms with Crippen LogP contribution < -0.4 is 5.32 Å². The molecule has 0 spiro atoms. The Morgan fingerprint density at radius 3 is 2.50 bits per heavy atom. The summed E-state index contributed by atoms with van der Waals surface area (Å²) in [5.41, 5.74) is 1.37. The van der Waals surface area contributed by atoms with Gasteiger partial charge in [0.25, 0.3) is 0 Å². The first-order valence-electron chi connectivity index (χ1n) is 3.96. The van der Waals surface area contributed by atoms with E-state index >= 15 is 0 Å². The van der Waals surface area contributed by atoms with Crippen LogP contribution in [-0.2, 0) is 0 Å². The van der Waals surface area contributed by atoms with Crippen molar-refractivity contribution in [3.63, 3.8) is 0 Å². The highest BCUT2D eigenvalue weighted by Crippen LogP contribution is 2.29. The molecule has 1 aromatic rings. The van der Waals surface area contributed by atoms with Crippen molar-refractivity contribution in [3.8, 4) is 0 Å². The highest BCUT2D eigenvalue weighted by Gasteiger charge is 2.18. The zero-order valence-electron chi connectivity index (χ0n) is 6.48. The molecule has 1 saturated heterocycles. The van der Waals surface area contributed by atoms with E-state index in [0.29, 0.717) is 6.04 Å². The second-order valence-corrected chi connectivity index (χ2v) is 4.68. The first-order valence-corrected chi connectivity index (χ1v) is 5.54. The van der Waals surface area contributed by atoms with Gasteiger partial charge in [-0.1, -0.05) is 6.07 Å². The van der Waals surface area contributed by atoms with E-state index in [1.807, 2.05) is 0 Å². The zero-order chi connectivity index (χ0) is 8.55. The predicted octanol–water partition coefficient (Wildman–Crippen LogP) is 3.25. The molecule has 0 radical (unpaired) electrons. The maximum Gasteiger partial charge on any atom is 0.0332 e. The van der Waals surface area contributed by atoms with Crippen LogP contribution >= 0.6 is 31.9 Å². The van der Waals surface area contributed by atoms with Gasteiger partial charge < -0.3 is 5.32 Å². The summed E-state index contributed by atoms with van der Waals surface area (Å²) in [6.07, 6.45) is 1.26.